The van der Waals surface area contributed by atoms with Crippen molar-refractivity contribution in [2.45, 2.75) is 65.2 Å². The van der Waals surface area contributed by atoms with Crippen molar-refractivity contribution in [1.29, 1.82) is 0 Å². The van der Waals surface area contributed by atoms with Gasteiger partial charge in [0.15, 0.2) is 17.2 Å². The van der Waals surface area contributed by atoms with Crippen LogP contribution in [0.2, 0.25) is 0 Å². The molecular formula is C29H35NO6. The monoisotopic (exact) mass is 493 g/mol. The van der Waals surface area contributed by atoms with Crippen molar-refractivity contribution in [2.75, 3.05) is 13.7 Å². The van der Waals surface area contributed by atoms with Crippen molar-refractivity contribution >= 4 is 23.9 Å². The van der Waals surface area contributed by atoms with E-state index in [4.69, 9.17) is 18.9 Å². The highest BCUT2D eigenvalue weighted by Crippen LogP contribution is 2.30. The summed E-state index contributed by atoms with van der Waals surface area (Å²) in [5.74, 6) is 0.708. The van der Waals surface area contributed by atoms with Crippen molar-refractivity contribution in [3.05, 3.63) is 59.3 Å². The number of ether oxygens (including phenoxy) is 4. The molecule has 0 unspecified atom stereocenters. The van der Waals surface area contributed by atoms with Gasteiger partial charge in [-0.05, 0) is 54.5 Å². The number of cyclic esters (lactones) is 1. The van der Waals surface area contributed by atoms with Crippen molar-refractivity contribution in [2.24, 2.45) is 4.99 Å². The number of rotatable bonds is 14. The fourth-order valence-electron chi connectivity index (χ4n) is 3.82. The molecule has 192 valence electrons. The molecule has 0 atom stereocenters. The summed E-state index contributed by atoms with van der Waals surface area (Å²) in [6, 6.07) is 12.3. The number of benzene rings is 2. The Morgan fingerprint density at radius 3 is 2.31 bits per heavy atom. The van der Waals surface area contributed by atoms with Crippen molar-refractivity contribution in [3.63, 3.8) is 0 Å². The molecule has 36 heavy (non-hydrogen) atoms. The lowest BCUT2D eigenvalue weighted by Gasteiger charge is -2.08. The predicted molar refractivity (Wildman–Crippen MR) is 139 cm³/mol. The molecule has 7 heteroatoms. The molecule has 7 nitrogen and oxygen atoms in total. The van der Waals surface area contributed by atoms with E-state index in [1.807, 2.05) is 24.3 Å². The van der Waals surface area contributed by atoms with Crippen molar-refractivity contribution < 1.29 is 28.5 Å². The van der Waals surface area contributed by atoms with E-state index in [0.717, 1.165) is 12.2 Å². The number of esters is 2. The first-order valence-electron chi connectivity index (χ1n) is 12.6. The van der Waals surface area contributed by atoms with Crippen molar-refractivity contribution in [3.8, 4) is 17.2 Å². The molecule has 0 bridgehead atoms. The molecule has 0 aromatic heterocycles. The van der Waals surface area contributed by atoms with Gasteiger partial charge >= 0.3 is 11.9 Å². The Bertz CT molecular complexity index is 1090. The summed E-state index contributed by atoms with van der Waals surface area (Å²) in [5, 5.41) is 0. The van der Waals surface area contributed by atoms with Crippen LogP contribution in [0.15, 0.2) is 53.2 Å². The van der Waals surface area contributed by atoms with Gasteiger partial charge in [0, 0.05) is 12.5 Å². The Hall–Kier alpha value is -3.61. The largest absolute Gasteiger partial charge is 0.494 e. The maximum Gasteiger partial charge on any atom is 0.363 e. The standard InChI is InChI=1S/C29H35NO6/c1-4-5-6-7-8-9-10-11-18-34-24-15-13-23(14-16-24)28-30-25(29(32)36-28)19-22-12-17-26(35-21(2)31)27(20-22)33-3/h12-17,19-20H,4-11,18H2,1-3H3/b25-19-. The molecular weight excluding hydrogens is 458 g/mol. The molecule has 2 aromatic rings. The van der Waals surface area contributed by atoms with Gasteiger partial charge in [-0.2, -0.15) is 0 Å². The second kappa shape index (κ2) is 14.1. The molecule has 1 aliphatic heterocycles. The van der Waals surface area contributed by atoms with E-state index in [1.165, 1.54) is 59.0 Å². The first kappa shape index (κ1) is 27.0. The smallest absolute Gasteiger partial charge is 0.363 e. The number of carbonyl (C=O) groups excluding carboxylic acids is 2. The molecule has 2 aromatic carbocycles. The third-order valence-electron chi connectivity index (χ3n) is 5.73. The lowest BCUT2D eigenvalue weighted by Crippen LogP contribution is -2.05. The second-order valence-electron chi connectivity index (χ2n) is 8.69. The van der Waals surface area contributed by atoms with Gasteiger partial charge in [0.1, 0.15) is 5.75 Å². The normalized spacial score (nSPS) is 13.9. The zero-order valence-corrected chi connectivity index (χ0v) is 21.4. The summed E-state index contributed by atoms with van der Waals surface area (Å²) in [6.07, 6.45) is 11.7. The van der Waals surface area contributed by atoms with Gasteiger partial charge in [0.25, 0.3) is 0 Å². The van der Waals surface area contributed by atoms with Crippen LogP contribution in [0.4, 0.5) is 0 Å². The van der Waals surface area contributed by atoms with Crippen LogP contribution in [0.1, 0.15) is 76.3 Å². The van der Waals surface area contributed by atoms with Crippen molar-refractivity contribution in [1.82, 2.24) is 0 Å². The molecule has 3 rings (SSSR count). The number of unbranched alkanes of at least 4 members (excludes halogenated alkanes) is 7. The molecule has 0 amide bonds. The summed E-state index contributed by atoms with van der Waals surface area (Å²) in [6.45, 7) is 4.24. The summed E-state index contributed by atoms with van der Waals surface area (Å²) in [4.78, 5) is 27.9. The topological polar surface area (TPSA) is 83.4 Å². The maximum atomic E-state index is 12.4. The first-order valence-corrected chi connectivity index (χ1v) is 12.6. The molecule has 1 heterocycles. The molecule has 0 saturated carbocycles. The first-order chi connectivity index (χ1) is 17.5. The molecule has 0 saturated heterocycles. The van der Waals surface area contributed by atoms with Crippen LogP contribution in [-0.4, -0.2) is 31.6 Å². The molecule has 1 aliphatic rings. The van der Waals surface area contributed by atoms with E-state index in [1.54, 1.807) is 24.3 Å². The number of methoxy groups -OCH3 is 1. The maximum absolute atomic E-state index is 12.4. The van der Waals surface area contributed by atoms with E-state index in [-0.39, 0.29) is 11.6 Å². The van der Waals surface area contributed by atoms with E-state index in [2.05, 4.69) is 11.9 Å². The van der Waals surface area contributed by atoms with Crippen LogP contribution in [0.3, 0.4) is 0 Å². The van der Waals surface area contributed by atoms with Crippen LogP contribution in [-0.2, 0) is 14.3 Å². The fourth-order valence-corrected chi connectivity index (χ4v) is 3.82. The van der Waals surface area contributed by atoms with Crippen LogP contribution >= 0.6 is 0 Å². The number of aliphatic imine (C=N–C) groups is 1. The van der Waals surface area contributed by atoms with Gasteiger partial charge in [-0.25, -0.2) is 9.79 Å². The minimum absolute atomic E-state index is 0.169. The fraction of sp³-hybridized carbons (Fsp3) is 0.414. The SMILES string of the molecule is CCCCCCCCCCOc1ccc(C2=N/C(=C\c3ccc(OC(C)=O)c(OC)c3)C(=O)O2)cc1. The second-order valence-corrected chi connectivity index (χ2v) is 8.69. The molecule has 0 aliphatic carbocycles. The highest BCUT2D eigenvalue weighted by atomic mass is 16.6. The lowest BCUT2D eigenvalue weighted by atomic mass is 10.1. The third-order valence-corrected chi connectivity index (χ3v) is 5.73. The van der Waals surface area contributed by atoms with E-state index >= 15 is 0 Å². The quantitative estimate of drug-likeness (QED) is 0.130. The number of hydrogen-bond acceptors (Lipinski definition) is 7. The summed E-state index contributed by atoms with van der Waals surface area (Å²) < 4.78 is 21.6. The van der Waals surface area contributed by atoms with Gasteiger partial charge in [0.2, 0.25) is 5.90 Å². The highest BCUT2D eigenvalue weighted by Gasteiger charge is 2.24. The van der Waals surface area contributed by atoms with Gasteiger partial charge in [-0.15, -0.1) is 0 Å². The van der Waals surface area contributed by atoms with Gasteiger partial charge in [0.05, 0.1) is 13.7 Å². The highest BCUT2D eigenvalue weighted by molar-refractivity contribution is 6.12. The molecule has 0 radical (unpaired) electrons. The van der Waals surface area contributed by atoms with Gasteiger partial charge < -0.3 is 18.9 Å². The third kappa shape index (κ3) is 8.26. The Morgan fingerprint density at radius 2 is 1.64 bits per heavy atom. The summed E-state index contributed by atoms with van der Waals surface area (Å²) >= 11 is 0. The Labute approximate surface area is 213 Å². The summed E-state index contributed by atoms with van der Waals surface area (Å²) in [7, 11) is 1.47. The van der Waals surface area contributed by atoms with Crippen LogP contribution in [0, 0.1) is 0 Å². The summed E-state index contributed by atoms with van der Waals surface area (Å²) in [5.41, 5.74) is 1.51. The average Bonchev–Trinajstić information content (AvgIpc) is 3.23. The zero-order valence-electron chi connectivity index (χ0n) is 21.4. The van der Waals surface area contributed by atoms with Crippen LogP contribution in [0.5, 0.6) is 17.2 Å². The Morgan fingerprint density at radius 1 is 0.944 bits per heavy atom. The number of carbonyl (C=O) groups is 2. The molecule has 0 spiro atoms. The van der Waals surface area contributed by atoms with Crippen LogP contribution < -0.4 is 14.2 Å². The molecule has 0 N–H and O–H groups in total. The Balaban J connectivity index is 1.53. The Kier molecular flexibility index (Phi) is 10.5. The van der Waals surface area contributed by atoms with Crippen LogP contribution in [0.25, 0.3) is 6.08 Å². The van der Waals surface area contributed by atoms with Gasteiger partial charge in [-0.1, -0.05) is 57.9 Å². The molecule has 0 fully saturated rings. The lowest BCUT2D eigenvalue weighted by molar-refractivity contribution is -0.132. The minimum atomic E-state index is -0.539. The van der Waals surface area contributed by atoms with E-state index in [9.17, 15) is 9.59 Å². The van der Waals surface area contributed by atoms with E-state index < -0.39 is 11.9 Å². The average molecular weight is 494 g/mol. The van der Waals surface area contributed by atoms with Gasteiger partial charge in [-0.3, -0.25) is 4.79 Å². The minimum Gasteiger partial charge on any atom is -0.494 e. The number of nitrogens with zero attached hydrogens (tertiary/aromatic N) is 1. The predicted octanol–water partition coefficient (Wildman–Crippen LogP) is 6.48. The van der Waals surface area contributed by atoms with E-state index in [0.29, 0.717) is 29.2 Å². The zero-order chi connectivity index (χ0) is 25.8. The number of hydrogen-bond donors (Lipinski definition) is 0.